The first-order valence-electron chi connectivity index (χ1n) is 5.33. The maximum Gasteiger partial charge on any atom is 0.323 e. The smallest absolute Gasteiger partial charge is 0.323 e. The van der Waals surface area contributed by atoms with Crippen LogP contribution in [0.25, 0.3) is 0 Å². The molecule has 5 N–H and O–H groups in total. The predicted octanol–water partition coefficient (Wildman–Crippen LogP) is -0.538. The van der Waals surface area contributed by atoms with Gasteiger partial charge in [0.2, 0.25) is 0 Å². The Balaban J connectivity index is 3.55. The van der Waals surface area contributed by atoms with Gasteiger partial charge in [-0.15, -0.1) is 12.3 Å². The summed E-state index contributed by atoms with van der Waals surface area (Å²) in [6, 6.07) is -1.66. The Hall–Kier alpha value is -1.58. The lowest BCUT2D eigenvalue weighted by Gasteiger charge is -2.09. The van der Waals surface area contributed by atoms with Gasteiger partial charge < -0.3 is 21.3 Å². The minimum atomic E-state index is -1.03. The van der Waals surface area contributed by atoms with Gasteiger partial charge in [-0.1, -0.05) is 0 Å². The number of hydrogen-bond acceptors (Lipinski definition) is 5. The lowest BCUT2D eigenvalue weighted by Crippen LogP contribution is -2.32. The first-order chi connectivity index (χ1) is 7.99. The highest BCUT2D eigenvalue weighted by molar-refractivity contribution is 5.75. The number of nitrogens with two attached hydrogens (primary N) is 2. The summed E-state index contributed by atoms with van der Waals surface area (Å²) in [5.74, 6) is 0.704. The molecule has 6 heteroatoms. The van der Waals surface area contributed by atoms with Crippen LogP contribution in [0.1, 0.15) is 25.7 Å². The Morgan fingerprint density at radius 1 is 1.29 bits per heavy atom. The van der Waals surface area contributed by atoms with Crippen LogP contribution in [0.5, 0.6) is 0 Å². The van der Waals surface area contributed by atoms with E-state index in [2.05, 4.69) is 5.92 Å². The van der Waals surface area contributed by atoms with E-state index in [0.29, 0.717) is 19.3 Å². The minimum absolute atomic E-state index is 0.142. The molecule has 0 radical (unpaired) electrons. The van der Waals surface area contributed by atoms with Crippen LogP contribution < -0.4 is 11.5 Å². The average molecular weight is 242 g/mol. The van der Waals surface area contributed by atoms with Crippen LogP contribution in [-0.2, 0) is 14.3 Å². The SMILES string of the molecule is C#CC[C@@H](N)C(=O)OCCCC[C@H](N)C(=O)O. The number of carboxylic acid groups (broad SMARTS) is 1. The minimum Gasteiger partial charge on any atom is -0.480 e. The van der Waals surface area contributed by atoms with E-state index >= 15 is 0 Å². The zero-order valence-corrected chi connectivity index (χ0v) is 9.59. The molecule has 0 saturated heterocycles. The lowest BCUT2D eigenvalue weighted by atomic mass is 10.1. The zero-order valence-electron chi connectivity index (χ0n) is 9.59. The average Bonchev–Trinajstić information content (AvgIpc) is 2.28. The molecule has 0 rings (SSSR count). The second-order valence-corrected chi connectivity index (χ2v) is 3.62. The van der Waals surface area contributed by atoms with Gasteiger partial charge in [-0.3, -0.25) is 9.59 Å². The Kier molecular flexibility index (Phi) is 7.76. The van der Waals surface area contributed by atoms with Crippen LogP contribution in [0, 0.1) is 12.3 Å². The molecule has 0 aromatic heterocycles. The van der Waals surface area contributed by atoms with Crippen molar-refractivity contribution in [3.8, 4) is 12.3 Å². The fourth-order valence-electron chi connectivity index (χ4n) is 1.08. The molecule has 96 valence electrons. The van der Waals surface area contributed by atoms with Crippen LogP contribution >= 0.6 is 0 Å². The van der Waals surface area contributed by atoms with Gasteiger partial charge in [0.25, 0.3) is 0 Å². The molecule has 17 heavy (non-hydrogen) atoms. The molecule has 0 aromatic rings. The number of unbranched alkanes of at least 4 members (excludes halogenated alkanes) is 1. The maximum atomic E-state index is 11.2. The fraction of sp³-hybridized carbons (Fsp3) is 0.636. The van der Waals surface area contributed by atoms with Gasteiger partial charge in [0.05, 0.1) is 6.61 Å². The number of rotatable bonds is 8. The van der Waals surface area contributed by atoms with Crippen molar-refractivity contribution in [1.29, 1.82) is 0 Å². The van der Waals surface area contributed by atoms with Crippen LogP contribution in [-0.4, -0.2) is 35.7 Å². The Bertz CT molecular complexity index is 298. The summed E-state index contributed by atoms with van der Waals surface area (Å²) in [4.78, 5) is 21.6. The fourth-order valence-corrected chi connectivity index (χ4v) is 1.08. The monoisotopic (exact) mass is 242 g/mol. The van der Waals surface area contributed by atoms with E-state index in [4.69, 9.17) is 27.7 Å². The number of carboxylic acids is 1. The Labute approximate surface area is 100 Å². The van der Waals surface area contributed by atoms with E-state index < -0.39 is 24.0 Å². The maximum absolute atomic E-state index is 11.2. The van der Waals surface area contributed by atoms with E-state index in [-0.39, 0.29) is 13.0 Å². The van der Waals surface area contributed by atoms with E-state index in [1.165, 1.54) is 0 Å². The molecular formula is C11H18N2O4. The van der Waals surface area contributed by atoms with Crippen molar-refractivity contribution in [3.05, 3.63) is 0 Å². The van der Waals surface area contributed by atoms with E-state index in [1.807, 2.05) is 0 Å². The van der Waals surface area contributed by atoms with E-state index in [1.54, 1.807) is 0 Å². The molecule has 6 nitrogen and oxygen atoms in total. The molecule has 2 atom stereocenters. The molecule has 0 saturated carbocycles. The van der Waals surface area contributed by atoms with Gasteiger partial charge in [0.15, 0.2) is 0 Å². The number of terminal acetylenes is 1. The van der Waals surface area contributed by atoms with Gasteiger partial charge in [-0.05, 0) is 19.3 Å². The Morgan fingerprint density at radius 2 is 1.94 bits per heavy atom. The Morgan fingerprint density at radius 3 is 2.47 bits per heavy atom. The van der Waals surface area contributed by atoms with Crippen LogP contribution in [0.2, 0.25) is 0 Å². The standard InChI is InChI=1S/C11H18N2O4/c1-2-5-9(13)11(16)17-7-4-3-6-8(12)10(14)15/h1,8-9H,3-7,12-13H2,(H,14,15)/t8-,9+/m0/s1. The normalized spacial score (nSPS) is 13.5. The number of esters is 1. The summed E-state index contributed by atoms with van der Waals surface area (Å²) in [6.45, 7) is 0.198. The molecule has 0 heterocycles. The van der Waals surface area contributed by atoms with E-state index in [0.717, 1.165) is 0 Å². The molecule has 0 spiro atoms. The van der Waals surface area contributed by atoms with Gasteiger partial charge in [-0.2, -0.15) is 0 Å². The topological polar surface area (TPSA) is 116 Å². The van der Waals surface area contributed by atoms with Crippen molar-refractivity contribution in [3.63, 3.8) is 0 Å². The van der Waals surface area contributed by atoms with Gasteiger partial charge in [0.1, 0.15) is 12.1 Å². The molecule has 0 amide bonds. The van der Waals surface area contributed by atoms with Crippen LogP contribution in [0.3, 0.4) is 0 Å². The molecule has 0 aromatic carbocycles. The van der Waals surface area contributed by atoms with Crippen LogP contribution in [0.4, 0.5) is 0 Å². The van der Waals surface area contributed by atoms with Crippen molar-refractivity contribution >= 4 is 11.9 Å². The predicted molar refractivity (Wildman–Crippen MR) is 61.8 cm³/mol. The van der Waals surface area contributed by atoms with Crippen molar-refractivity contribution in [1.82, 2.24) is 0 Å². The highest BCUT2D eigenvalue weighted by Crippen LogP contribution is 2.00. The summed E-state index contributed by atoms with van der Waals surface area (Å²) in [6.07, 6.45) is 6.62. The number of hydrogen-bond donors (Lipinski definition) is 3. The molecule has 0 aliphatic carbocycles. The summed E-state index contributed by atoms with van der Waals surface area (Å²) in [5.41, 5.74) is 10.7. The lowest BCUT2D eigenvalue weighted by molar-refractivity contribution is -0.145. The van der Waals surface area contributed by atoms with Crippen molar-refractivity contribution in [2.24, 2.45) is 11.5 Å². The molecule has 0 unspecified atom stereocenters. The molecule has 0 aliphatic rings. The molecule has 0 aliphatic heterocycles. The van der Waals surface area contributed by atoms with Crippen molar-refractivity contribution in [2.45, 2.75) is 37.8 Å². The quantitative estimate of drug-likeness (QED) is 0.299. The third-order valence-electron chi connectivity index (χ3n) is 2.11. The highest BCUT2D eigenvalue weighted by Gasteiger charge is 2.14. The van der Waals surface area contributed by atoms with Gasteiger partial charge >= 0.3 is 11.9 Å². The summed E-state index contributed by atoms with van der Waals surface area (Å²) < 4.78 is 4.85. The number of aliphatic carboxylic acids is 1. The number of carbonyl (C=O) groups excluding carboxylic acids is 1. The van der Waals surface area contributed by atoms with Crippen molar-refractivity contribution < 1.29 is 19.4 Å². The summed E-state index contributed by atoms with van der Waals surface area (Å²) >= 11 is 0. The third kappa shape index (κ3) is 7.33. The summed E-state index contributed by atoms with van der Waals surface area (Å²) in [5, 5.41) is 8.51. The zero-order chi connectivity index (χ0) is 13.3. The largest absolute Gasteiger partial charge is 0.480 e. The second-order valence-electron chi connectivity index (χ2n) is 3.62. The highest BCUT2D eigenvalue weighted by atomic mass is 16.5. The summed E-state index contributed by atoms with van der Waals surface area (Å²) in [7, 11) is 0. The second kappa shape index (κ2) is 8.56. The van der Waals surface area contributed by atoms with Crippen LogP contribution in [0.15, 0.2) is 0 Å². The molecule has 0 fully saturated rings. The first kappa shape index (κ1) is 15.4. The molecular weight excluding hydrogens is 224 g/mol. The number of ether oxygens (including phenoxy) is 1. The van der Waals surface area contributed by atoms with Gasteiger partial charge in [-0.25, -0.2) is 0 Å². The van der Waals surface area contributed by atoms with E-state index in [9.17, 15) is 9.59 Å². The first-order valence-corrected chi connectivity index (χ1v) is 5.33. The third-order valence-corrected chi connectivity index (χ3v) is 2.11. The van der Waals surface area contributed by atoms with Gasteiger partial charge in [0, 0.05) is 6.42 Å². The molecule has 0 bridgehead atoms. The number of carbonyl (C=O) groups is 2. The van der Waals surface area contributed by atoms with Crippen molar-refractivity contribution in [2.75, 3.05) is 6.61 Å².